The lowest BCUT2D eigenvalue weighted by Gasteiger charge is -2.26. The fourth-order valence-electron chi connectivity index (χ4n) is 4.10. The Morgan fingerprint density at radius 1 is 0.846 bits per heavy atom. The number of nitrogens with one attached hydrogen (secondary N) is 2. The maximum atomic E-state index is 13.7. The van der Waals surface area contributed by atoms with Crippen molar-refractivity contribution in [3.8, 4) is 0 Å². The number of hydrogen-bond acceptors (Lipinski definition) is 4. The molecule has 0 aliphatic carbocycles. The van der Waals surface area contributed by atoms with Crippen LogP contribution >= 0.6 is 11.6 Å². The molecule has 0 heterocycles. The van der Waals surface area contributed by atoms with Gasteiger partial charge in [-0.15, -0.1) is 0 Å². The Balaban J connectivity index is 1.60. The van der Waals surface area contributed by atoms with Crippen molar-refractivity contribution in [2.75, 3.05) is 16.2 Å². The lowest BCUT2D eigenvalue weighted by Crippen LogP contribution is -2.39. The lowest BCUT2D eigenvalue weighted by atomic mass is 10.1. The molecule has 1 atom stereocenters. The third kappa shape index (κ3) is 6.47. The molecule has 0 saturated heterocycles. The summed E-state index contributed by atoms with van der Waals surface area (Å²) in [5.41, 5.74) is 2.25. The zero-order valence-electron chi connectivity index (χ0n) is 21.5. The van der Waals surface area contributed by atoms with Crippen molar-refractivity contribution < 1.29 is 18.0 Å². The van der Waals surface area contributed by atoms with Gasteiger partial charge in [0.05, 0.1) is 27.9 Å². The second kappa shape index (κ2) is 12.1. The summed E-state index contributed by atoms with van der Waals surface area (Å²) in [5, 5.41) is 6.04. The number of halogens is 1. The Hall–Kier alpha value is -4.14. The number of sulfonamides is 1. The van der Waals surface area contributed by atoms with Gasteiger partial charge in [0.25, 0.3) is 15.9 Å². The summed E-state index contributed by atoms with van der Waals surface area (Å²) in [4.78, 5) is 26.5. The minimum absolute atomic E-state index is 0.0341. The predicted octanol–water partition coefficient (Wildman–Crippen LogP) is 5.97. The minimum atomic E-state index is -4.12. The van der Waals surface area contributed by atoms with E-state index in [0.717, 1.165) is 9.87 Å². The Morgan fingerprint density at radius 3 is 2.15 bits per heavy atom. The second-order valence-electron chi connectivity index (χ2n) is 8.91. The van der Waals surface area contributed by atoms with Gasteiger partial charge in [0.1, 0.15) is 6.54 Å². The van der Waals surface area contributed by atoms with Crippen molar-refractivity contribution in [1.29, 1.82) is 0 Å². The van der Waals surface area contributed by atoms with Gasteiger partial charge in [0.2, 0.25) is 5.91 Å². The van der Waals surface area contributed by atoms with E-state index in [1.54, 1.807) is 67.6 Å². The molecule has 4 aromatic rings. The van der Waals surface area contributed by atoms with Crippen LogP contribution in [0.5, 0.6) is 0 Å². The van der Waals surface area contributed by atoms with Gasteiger partial charge in [-0.05, 0) is 61.4 Å². The Morgan fingerprint density at radius 2 is 1.46 bits per heavy atom. The van der Waals surface area contributed by atoms with Crippen LogP contribution in [0.3, 0.4) is 0 Å². The first-order valence-electron chi connectivity index (χ1n) is 12.3. The highest BCUT2D eigenvalue weighted by atomic mass is 35.5. The molecule has 0 fully saturated rings. The fourth-order valence-corrected chi connectivity index (χ4v) is 5.76. The van der Waals surface area contributed by atoms with E-state index in [9.17, 15) is 18.0 Å². The molecule has 0 spiro atoms. The molecule has 0 bridgehead atoms. The number of rotatable bonds is 9. The highest BCUT2D eigenvalue weighted by molar-refractivity contribution is 7.92. The molecule has 9 heteroatoms. The predicted molar refractivity (Wildman–Crippen MR) is 155 cm³/mol. The number of amides is 2. The van der Waals surface area contributed by atoms with Gasteiger partial charge in [0, 0.05) is 5.02 Å². The van der Waals surface area contributed by atoms with Gasteiger partial charge in [-0.2, -0.15) is 0 Å². The van der Waals surface area contributed by atoms with E-state index in [2.05, 4.69) is 10.6 Å². The number of para-hydroxylation sites is 1. The normalized spacial score (nSPS) is 11.9. The highest BCUT2D eigenvalue weighted by Gasteiger charge is 2.29. The van der Waals surface area contributed by atoms with E-state index in [0.29, 0.717) is 10.6 Å². The molecule has 7 nitrogen and oxygen atoms in total. The molecule has 4 aromatic carbocycles. The van der Waals surface area contributed by atoms with Crippen LogP contribution in [0.15, 0.2) is 108 Å². The van der Waals surface area contributed by atoms with E-state index in [1.807, 2.05) is 37.3 Å². The molecule has 2 amide bonds. The Bertz CT molecular complexity index is 1580. The molecule has 200 valence electrons. The minimum Gasteiger partial charge on any atom is -0.345 e. The molecular weight excluding hydrogens is 534 g/mol. The SMILES string of the molecule is Cc1c(Cl)cccc1N(CC(=O)Nc1ccccc1C(=O)N[C@H](C)c1ccccc1)S(=O)(=O)c1ccccc1. The smallest absolute Gasteiger partial charge is 0.264 e. The van der Waals surface area contributed by atoms with Crippen LogP contribution in [0, 0.1) is 6.92 Å². The maximum absolute atomic E-state index is 13.7. The third-order valence-electron chi connectivity index (χ3n) is 6.22. The van der Waals surface area contributed by atoms with Crippen molar-refractivity contribution in [2.45, 2.75) is 24.8 Å². The van der Waals surface area contributed by atoms with Gasteiger partial charge in [-0.3, -0.25) is 13.9 Å². The number of carbonyl (C=O) groups is 2. The molecule has 0 saturated carbocycles. The number of nitrogens with zero attached hydrogens (tertiary/aromatic N) is 1. The van der Waals surface area contributed by atoms with Crippen LogP contribution in [0.25, 0.3) is 0 Å². The average Bonchev–Trinajstić information content (AvgIpc) is 2.94. The van der Waals surface area contributed by atoms with Crippen LogP contribution < -0.4 is 14.9 Å². The van der Waals surface area contributed by atoms with Gasteiger partial charge in [0.15, 0.2) is 0 Å². The molecule has 0 aliphatic heterocycles. The summed E-state index contributed by atoms with van der Waals surface area (Å²) in [6, 6.07) is 28.6. The molecule has 0 aromatic heterocycles. The van der Waals surface area contributed by atoms with E-state index < -0.39 is 22.5 Å². The van der Waals surface area contributed by atoms with E-state index in [-0.39, 0.29) is 33.8 Å². The Kier molecular flexibility index (Phi) is 8.69. The summed E-state index contributed by atoms with van der Waals surface area (Å²) in [6.07, 6.45) is 0. The quantitative estimate of drug-likeness (QED) is 0.263. The maximum Gasteiger partial charge on any atom is 0.264 e. The zero-order chi connectivity index (χ0) is 28.0. The number of carbonyl (C=O) groups excluding carboxylic acids is 2. The second-order valence-corrected chi connectivity index (χ2v) is 11.2. The molecule has 0 unspecified atom stereocenters. The standard InChI is InChI=1S/C30H28ClN3O4S/c1-21-26(31)17-11-19-28(21)34(39(37,38)24-14-7-4-8-15-24)20-29(35)33-27-18-10-9-16-25(27)30(36)32-22(2)23-12-5-3-6-13-23/h3-19,22H,20H2,1-2H3,(H,32,36)(H,33,35)/t22-/m1/s1. The molecular formula is C30H28ClN3O4S. The molecule has 2 N–H and O–H groups in total. The van der Waals surface area contributed by atoms with Crippen LogP contribution in [-0.4, -0.2) is 26.8 Å². The van der Waals surface area contributed by atoms with Crippen molar-refractivity contribution >= 4 is 44.8 Å². The molecule has 4 rings (SSSR count). The molecule has 0 radical (unpaired) electrons. The van der Waals surface area contributed by atoms with Crippen molar-refractivity contribution in [1.82, 2.24) is 5.32 Å². The first kappa shape index (κ1) is 27.9. The first-order chi connectivity index (χ1) is 18.7. The van der Waals surface area contributed by atoms with Crippen LogP contribution in [-0.2, 0) is 14.8 Å². The van der Waals surface area contributed by atoms with E-state index >= 15 is 0 Å². The topological polar surface area (TPSA) is 95.6 Å². The summed E-state index contributed by atoms with van der Waals surface area (Å²) < 4.78 is 28.3. The zero-order valence-corrected chi connectivity index (χ0v) is 23.0. The van der Waals surface area contributed by atoms with Crippen molar-refractivity contribution in [3.05, 3.63) is 125 Å². The number of anilines is 2. The summed E-state index contributed by atoms with van der Waals surface area (Å²) in [6.45, 7) is 3.03. The average molecular weight is 562 g/mol. The molecule has 39 heavy (non-hydrogen) atoms. The largest absolute Gasteiger partial charge is 0.345 e. The van der Waals surface area contributed by atoms with Gasteiger partial charge in [-0.1, -0.05) is 78.3 Å². The number of benzene rings is 4. The first-order valence-corrected chi connectivity index (χ1v) is 14.1. The van der Waals surface area contributed by atoms with Gasteiger partial charge in [-0.25, -0.2) is 8.42 Å². The summed E-state index contributed by atoms with van der Waals surface area (Å²) in [5.74, 6) is -0.994. The lowest BCUT2D eigenvalue weighted by molar-refractivity contribution is -0.114. The molecule has 0 aliphatic rings. The third-order valence-corrected chi connectivity index (χ3v) is 8.40. The fraction of sp³-hybridized carbons (Fsp3) is 0.133. The summed E-state index contributed by atoms with van der Waals surface area (Å²) in [7, 11) is -4.12. The number of hydrogen-bond donors (Lipinski definition) is 2. The highest BCUT2D eigenvalue weighted by Crippen LogP contribution is 2.31. The van der Waals surface area contributed by atoms with Crippen molar-refractivity contribution in [2.24, 2.45) is 0 Å². The van der Waals surface area contributed by atoms with E-state index in [4.69, 9.17) is 11.6 Å². The van der Waals surface area contributed by atoms with E-state index in [1.165, 1.54) is 12.1 Å². The van der Waals surface area contributed by atoms with Gasteiger partial charge < -0.3 is 10.6 Å². The van der Waals surface area contributed by atoms with Crippen LogP contribution in [0.4, 0.5) is 11.4 Å². The summed E-state index contributed by atoms with van der Waals surface area (Å²) >= 11 is 6.30. The Labute approximate surface area is 233 Å². The van der Waals surface area contributed by atoms with Crippen LogP contribution in [0.2, 0.25) is 5.02 Å². The van der Waals surface area contributed by atoms with Gasteiger partial charge >= 0.3 is 0 Å². The monoisotopic (exact) mass is 561 g/mol. The van der Waals surface area contributed by atoms with Crippen molar-refractivity contribution in [3.63, 3.8) is 0 Å². The van der Waals surface area contributed by atoms with Crippen LogP contribution in [0.1, 0.15) is 34.5 Å².